The standard InChI is InChI=1S/C19H22N4O2/c24-19-11-16(20-18-10-17(13-3-4-13)21-23(18)19)14-5-7-22(8-6-14)12-15-2-1-9-25-15/h1-2,9-11,13-14,21H,3-8,12H2. The molecule has 1 saturated carbocycles. The molecule has 6 heteroatoms. The summed E-state index contributed by atoms with van der Waals surface area (Å²) >= 11 is 0. The number of hydrogen-bond acceptors (Lipinski definition) is 4. The molecule has 1 aliphatic heterocycles. The zero-order valence-electron chi connectivity index (χ0n) is 14.1. The van der Waals surface area contributed by atoms with E-state index in [1.807, 2.05) is 12.1 Å². The second kappa shape index (κ2) is 5.88. The van der Waals surface area contributed by atoms with E-state index in [-0.39, 0.29) is 5.56 Å². The molecule has 0 aromatic carbocycles. The van der Waals surface area contributed by atoms with Gasteiger partial charge in [0.25, 0.3) is 5.56 Å². The van der Waals surface area contributed by atoms with E-state index in [0.717, 1.165) is 55.3 Å². The summed E-state index contributed by atoms with van der Waals surface area (Å²) in [5.41, 5.74) is 2.87. The largest absolute Gasteiger partial charge is 0.468 e. The molecule has 3 aromatic rings. The lowest BCUT2D eigenvalue weighted by molar-refractivity contribution is 0.189. The van der Waals surface area contributed by atoms with Crippen LogP contribution in [0.3, 0.4) is 0 Å². The van der Waals surface area contributed by atoms with Gasteiger partial charge < -0.3 is 4.42 Å². The average Bonchev–Trinajstić information content (AvgIpc) is 3.17. The molecule has 3 aromatic heterocycles. The van der Waals surface area contributed by atoms with Gasteiger partial charge in [-0.1, -0.05) is 0 Å². The minimum Gasteiger partial charge on any atom is -0.468 e. The van der Waals surface area contributed by atoms with Crippen molar-refractivity contribution in [1.82, 2.24) is 19.5 Å². The third kappa shape index (κ3) is 2.91. The summed E-state index contributed by atoms with van der Waals surface area (Å²) in [7, 11) is 0. The number of furan rings is 1. The van der Waals surface area contributed by atoms with E-state index >= 15 is 0 Å². The van der Waals surface area contributed by atoms with Crippen molar-refractivity contribution in [3.05, 3.63) is 58.0 Å². The summed E-state index contributed by atoms with van der Waals surface area (Å²) in [4.78, 5) is 19.6. The zero-order valence-corrected chi connectivity index (χ0v) is 14.1. The van der Waals surface area contributed by atoms with Crippen LogP contribution in [0.4, 0.5) is 0 Å². The van der Waals surface area contributed by atoms with E-state index in [0.29, 0.717) is 11.8 Å². The smallest absolute Gasteiger partial charge is 0.272 e. The number of aromatic nitrogens is 3. The maximum atomic E-state index is 12.4. The lowest BCUT2D eigenvalue weighted by Crippen LogP contribution is -2.33. The number of nitrogens with one attached hydrogen (secondary N) is 1. The summed E-state index contributed by atoms with van der Waals surface area (Å²) in [6, 6.07) is 7.72. The van der Waals surface area contributed by atoms with Crippen LogP contribution >= 0.6 is 0 Å². The van der Waals surface area contributed by atoms with E-state index < -0.39 is 0 Å². The van der Waals surface area contributed by atoms with Crippen molar-refractivity contribution < 1.29 is 4.42 Å². The van der Waals surface area contributed by atoms with Gasteiger partial charge in [-0.15, -0.1) is 0 Å². The summed E-state index contributed by atoms with van der Waals surface area (Å²) < 4.78 is 7.02. The van der Waals surface area contributed by atoms with Gasteiger partial charge in [-0.25, -0.2) is 9.50 Å². The quantitative estimate of drug-likeness (QED) is 0.794. The molecule has 0 unspecified atom stereocenters. The minimum absolute atomic E-state index is 0.00455. The molecule has 1 saturated heterocycles. The molecule has 2 fully saturated rings. The Bertz CT molecular complexity index is 928. The summed E-state index contributed by atoms with van der Waals surface area (Å²) in [5, 5.41) is 3.21. The van der Waals surface area contributed by atoms with E-state index in [9.17, 15) is 4.79 Å². The van der Waals surface area contributed by atoms with Crippen molar-refractivity contribution in [1.29, 1.82) is 0 Å². The maximum absolute atomic E-state index is 12.4. The van der Waals surface area contributed by atoms with Crippen LogP contribution in [-0.4, -0.2) is 32.6 Å². The van der Waals surface area contributed by atoms with Crippen LogP contribution in [0.2, 0.25) is 0 Å². The molecule has 0 bridgehead atoms. The predicted molar refractivity (Wildman–Crippen MR) is 93.7 cm³/mol. The van der Waals surface area contributed by atoms with Crippen molar-refractivity contribution in [2.24, 2.45) is 0 Å². The first-order valence-corrected chi connectivity index (χ1v) is 9.13. The Kier molecular flexibility index (Phi) is 3.52. The molecule has 6 nitrogen and oxygen atoms in total. The van der Waals surface area contributed by atoms with Crippen LogP contribution < -0.4 is 5.56 Å². The van der Waals surface area contributed by atoms with E-state index in [1.165, 1.54) is 12.8 Å². The van der Waals surface area contributed by atoms with Gasteiger partial charge in [-0.2, -0.15) is 0 Å². The summed E-state index contributed by atoms with van der Waals surface area (Å²) in [6.07, 6.45) is 6.21. The van der Waals surface area contributed by atoms with Crippen molar-refractivity contribution in [3.8, 4) is 0 Å². The van der Waals surface area contributed by atoms with Crippen LogP contribution in [0.5, 0.6) is 0 Å². The Morgan fingerprint density at radius 3 is 2.72 bits per heavy atom. The van der Waals surface area contributed by atoms with Crippen molar-refractivity contribution in [3.63, 3.8) is 0 Å². The molecular formula is C19H22N4O2. The number of likely N-dealkylation sites (tertiary alicyclic amines) is 1. The highest BCUT2D eigenvalue weighted by Crippen LogP contribution is 2.39. The highest BCUT2D eigenvalue weighted by Gasteiger charge is 2.27. The molecule has 130 valence electrons. The number of hydrogen-bond donors (Lipinski definition) is 1. The van der Waals surface area contributed by atoms with Crippen molar-refractivity contribution in [2.75, 3.05) is 13.1 Å². The van der Waals surface area contributed by atoms with Gasteiger partial charge in [-0.3, -0.25) is 14.8 Å². The average molecular weight is 338 g/mol. The molecule has 2 aliphatic rings. The van der Waals surface area contributed by atoms with Crippen molar-refractivity contribution >= 4 is 5.65 Å². The Hall–Kier alpha value is -2.34. The fourth-order valence-electron chi connectivity index (χ4n) is 3.85. The van der Waals surface area contributed by atoms with Crippen LogP contribution in [-0.2, 0) is 6.54 Å². The first-order chi connectivity index (χ1) is 12.3. The molecule has 25 heavy (non-hydrogen) atoms. The number of H-pyrrole nitrogens is 1. The molecular weight excluding hydrogens is 316 g/mol. The molecule has 0 atom stereocenters. The monoisotopic (exact) mass is 338 g/mol. The normalized spacial score (nSPS) is 19.7. The lowest BCUT2D eigenvalue weighted by atomic mass is 9.93. The lowest BCUT2D eigenvalue weighted by Gasteiger charge is -2.30. The van der Waals surface area contributed by atoms with Crippen LogP contribution in [0, 0.1) is 0 Å². The van der Waals surface area contributed by atoms with Crippen LogP contribution in [0.1, 0.15) is 54.7 Å². The zero-order chi connectivity index (χ0) is 16.8. The molecule has 1 N–H and O–H groups in total. The van der Waals surface area contributed by atoms with E-state index in [1.54, 1.807) is 16.8 Å². The second-order valence-electron chi connectivity index (χ2n) is 7.33. The van der Waals surface area contributed by atoms with Gasteiger partial charge >= 0.3 is 0 Å². The molecule has 0 radical (unpaired) electrons. The minimum atomic E-state index is 0.00455. The van der Waals surface area contributed by atoms with Gasteiger partial charge in [0.2, 0.25) is 0 Å². The number of fused-ring (bicyclic) bond motifs is 1. The third-order valence-electron chi connectivity index (χ3n) is 5.47. The number of aromatic amines is 1. The summed E-state index contributed by atoms with van der Waals surface area (Å²) in [6.45, 7) is 2.87. The Morgan fingerprint density at radius 2 is 2.00 bits per heavy atom. The van der Waals surface area contributed by atoms with Crippen molar-refractivity contribution in [2.45, 2.75) is 44.1 Å². The predicted octanol–water partition coefficient (Wildman–Crippen LogP) is 2.87. The van der Waals surface area contributed by atoms with Crippen LogP contribution in [0.25, 0.3) is 5.65 Å². The van der Waals surface area contributed by atoms with E-state index in [4.69, 9.17) is 9.40 Å². The Labute approximate surface area is 145 Å². The molecule has 0 amide bonds. The third-order valence-corrected chi connectivity index (χ3v) is 5.47. The maximum Gasteiger partial charge on any atom is 0.272 e. The van der Waals surface area contributed by atoms with Gasteiger partial charge in [0.1, 0.15) is 5.76 Å². The van der Waals surface area contributed by atoms with Gasteiger partial charge in [0.15, 0.2) is 5.65 Å². The van der Waals surface area contributed by atoms with Gasteiger partial charge in [0, 0.05) is 29.7 Å². The SMILES string of the molecule is O=c1cc(C2CCN(Cc3ccco3)CC2)nc2cc(C3CC3)[nH]n12. The fraction of sp³-hybridized carbons (Fsp3) is 0.474. The van der Waals surface area contributed by atoms with Gasteiger partial charge in [-0.05, 0) is 50.9 Å². The molecule has 1 aliphatic carbocycles. The first kappa shape index (κ1) is 15.0. The Morgan fingerprint density at radius 1 is 1.16 bits per heavy atom. The van der Waals surface area contributed by atoms with E-state index in [2.05, 4.69) is 16.1 Å². The number of rotatable bonds is 4. The van der Waals surface area contributed by atoms with Gasteiger partial charge in [0.05, 0.1) is 18.5 Å². The van der Waals surface area contributed by atoms with Crippen LogP contribution in [0.15, 0.2) is 39.7 Å². The summed E-state index contributed by atoms with van der Waals surface area (Å²) in [5.74, 6) is 1.97. The molecule has 5 rings (SSSR count). The highest BCUT2D eigenvalue weighted by atomic mass is 16.3. The molecule has 0 spiro atoms. The number of piperidine rings is 1. The Balaban J connectivity index is 1.32. The molecule has 4 heterocycles. The fourth-order valence-corrected chi connectivity index (χ4v) is 3.85. The number of nitrogens with zero attached hydrogens (tertiary/aromatic N) is 3. The first-order valence-electron chi connectivity index (χ1n) is 9.13. The topological polar surface area (TPSA) is 66.5 Å². The second-order valence-corrected chi connectivity index (χ2v) is 7.33. The highest BCUT2D eigenvalue weighted by molar-refractivity contribution is 5.42.